The van der Waals surface area contributed by atoms with Crippen LogP contribution in [0.2, 0.25) is 10.0 Å². The number of aliphatic hydroxyl groups excluding tert-OH is 1. The number of rotatable bonds is 2. The monoisotopic (exact) mass is 219 g/mol. The van der Waals surface area contributed by atoms with Gasteiger partial charge in [0.05, 0.1) is 22.3 Å². The van der Waals surface area contributed by atoms with E-state index in [0.717, 1.165) is 11.3 Å². The first-order chi connectivity index (χ1) is 6.06. The Labute approximate surface area is 87.7 Å². The summed E-state index contributed by atoms with van der Waals surface area (Å²) in [5.41, 5.74) is 1.50. The lowest BCUT2D eigenvalue weighted by molar-refractivity contribution is 0.282. The van der Waals surface area contributed by atoms with E-state index in [1.165, 1.54) is 0 Å². The van der Waals surface area contributed by atoms with Gasteiger partial charge < -0.3 is 10.0 Å². The zero-order valence-electron chi connectivity index (χ0n) is 7.51. The molecular formula is C9H11Cl2NO. The van der Waals surface area contributed by atoms with Gasteiger partial charge >= 0.3 is 0 Å². The summed E-state index contributed by atoms with van der Waals surface area (Å²) in [6, 6.07) is 3.42. The van der Waals surface area contributed by atoms with Gasteiger partial charge in [0.15, 0.2) is 0 Å². The maximum absolute atomic E-state index is 8.89. The third-order valence-corrected chi connectivity index (χ3v) is 2.28. The van der Waals surface area contributed by atoms with Crippen LogP contribution in [-0.2, 0) is 6.61 Å². The number of anilines is 1. The highest BCUT2D eigenvalue weighted by Gasteiger charge is 2.09. The van der Waals surface area contributed by atoms with Crippen LogP contribution in [0.4, 0.5) is 5.69 Å². The summed E-state index contributed by atoms with van der Waals surface area (Å²) < 4.78 is 0. The Morgan fingerprint density at radius 3 is 2.00 bits per heavy atom. The first-order valence-corrected chi connectivity index (χ1v) is 4.58. The molecule has 0 aromatic heterocycles. The number of hydrogen-bond acceptors (Lipinski definition) is 2. The lowest BCUT2D eigenvalue weighted by Crippen LogP contribution is -2.10. The van der Waals surface area contributed by atoms with E-state index in [0.29, 0.717) is 10.0 Å². The molecule has 4 heteroatoms. The first kappa shape index (κ1) is 10.6. The molecule has 1 rings (SSSR count). The van der Waals surface area contributed by atoms with Crippen LogP contribution >= 0.6 is 23.2 Å². The van der Waals surface area contributed by atoms with E-state index in [1.54, 1.807) is 12.1 Å². The van der Waals surface area contributed by atoms with E-state index in [-0.39, 0.29) is 6.61 Å². The molecule has 1 aromatic rings. The Balaban J connectivity index is 3.23. The minimum absolute atomic E-state index is 0.0485. The van der Waals surface area contributed by atoms with Gasteiger partial charge in [-0.05, 0) is 17.7 Å². The molecule has 72 valence electrons. The SMILES string of the molecule is CN(C)c1c(Cl)cc(CO)cc1Cl. The highest BCUT2D eigenvalue weighted by Crippen LogP contribution is 2.33. The number of nitrogens with zero attached hydrogens (tertiary/aromatic N) is 1. The van der Waals surface area contributed by atoms with Crippen molar-refractivity contribution in [2.24, 2.45) is 0 Å². The molecule has 2 nitrogen and oxygen atoms in total. The van der Waals surface area contributed by atoms with Gasteiger partial charge in [-0.3, -0.25) is 0 Å². The summed E-state index contributed by atoms with van der Waals surface area (Å²) in [4.78, 5) is 1.84. The summed E-state index contributed by atoms with van der Waals surface area (Å²) in [6.45, 7) is -0.0485. The molecule has 0 aliphatic rings. The van der Waals surface area contributed by atoms with Crippen LogP contribution in [0, 0.1) is 0 Å². The van der Waals surface area contributed by atoms with Gasteiger partial charge in [-0.2, -0.15) is 0 Å². The highest BCUT2D eigenvalue weighted by molar-refractivity contribution is 6.39. The van der Waals surface area contributed by atoms with Crippen LogP contribution in [0.3, 0.4) is 0 Å². The predicted molar refractivity (Wildman–Crippen MR) is 56.7 cm³/mol. The van der Waals surface area contributed by atoms with Crippen LogP contribution in [0.25, 0.3) is 0 Å². The standard InChI is InChI=1S/C9H11Cl2NO/c1-12(2)9-7(10)3-6(5-13)4-8(9)11/h3-4,13H,5H2,1-2H3. The van der Waals surface area contributed by atoms with Gasteiger partial charge in [0, 0.05) is 14.1 Å². The number of aliphatic hydroxyl groups is 1. The third kappa shape index (κ3) is 2.27. The number of benzene rings is 1. The summed E-state index contributed by atoms with van der Waals surface area (Å²) >= 11 is 11.9. The Morgan fingerprint density at radius 2 is 1.69 bits per heavy atom. The second-order valence-electron chi connectivity index (χ2n) is 2.96. The summed E-state index contributed by atoms with van der Waals surface area (Å²) in [7, 11) is 3.73. The van der Waals surface area contributed by atoms with Crippen molar-refractivity contribution in [1.29, 1.82) is 0 Å². The lowest BCUT2D eigenvalue weighted by atomic mass is 10.2. The molecule has 0 amide bonds. The molecule has 0 unspecified atom stereocenters. The fourth-order valence-electron chi connectivity index (χ4n) is 1.14. The van der Waals surface area contributed by atoms with Crippen molar-refractivity contribution in [3.8, 4) is 0 Å². The molecule has 0 radical (unpaired) electrons. The predicted octanol–water partition coefficient (Wildman–Crippen LogP) is 2.55. The Morgan fingerprint density at radius 1 is 1.23 bits per heavy atom. The summed E-state index contributed by atoms with van der Waals surface area (Å²) in [5.74, 6) is 0. The highest BCUT2D eigenvalue weighted by atomic mass is 35.5. The fourth-order valence-corrected chi connectivity index (χ4v) is 2.01. The fraction of sp³-hybridized carbons (Fsp3) is 0.333. The molecule has 13 heavy (non-hydrogen) atoms. The summed E-state index contributed by atoms with van der Waals surface area (Å²) in [6.07, 6.45) is 0. The molecule has 0 atom stereocenters. The molecule has 0 saturated carbocycles. The van der Waals surface area contributed by atoms with Gasteiger partial charge in [0.1, 0.15) is 0 Å². The second kappa shape index (κ2) is 4.18. The maximum Gasteiger partial charge on any atom is 0.0739 e. The van der Waals surface area contributed by atoms with Crippen molar-refractivity contribution in [1.82, 2.24) is 0 Å². The molecule has 0 aliphatic heterocycles. The molecule has 0 bridgehead atoms. The molecular weight excluding hydrogens is 209 g/mol. The van der Waals surface area contributed by atoms with Crippen molar-refractivity contribution >= 4 is 28.9 Å². The topological polar surface area (TPSA) is 23.5 Å². The van der Waals surface area contributed by atoms with Crippen LogP contribution in [0.1, 0.15) is 5.56 Å². The van der Waals surface area contributed by atoms with Crippen molar-refractivity contribution in [3.05, 3.63) is 27.7 Å². The number of hydrogen-bond donors (Lipinski definition) is 1. The van der Waals surface area contributed by atoms with E-state index in [4.69, 9.17) is 28.3 Å². The van der Waals surface area contributed by atoms with Crippen LogP contribution in [0.5, 0.6) is 0 Å². The summed E-state index contributed by atoms with van der Waals surface area (Å²) in [5, 5.41) is 10.00. The lowest BCUT2D eigenvalue weighted by Gasteiger charge is -2.16. The minimum Gasteiger partial charge on any atom is -0.392 e. The van der Waals surface area contributed by atoms with Crippen LogP contribution < -0.4 is 4.90 Å². The normalized spacial score (nSPS) is 10.2. The van der Waals surface area contributed by atoms with Gasteiger partial charge in [-0.1, -0.05) is 23.2 Å². The average Bonchev–Trinajstić information content (AvgIpc) is 2.02. The van der Waals surface area contributed by atoms with Crippen molar-refractivity contribution in [2.75, 3.05) is 19.0 Å². The maximum atomic E-state index is 8.89. The van der Waals surface area contributed by atoms with Crippen molar-refractivity contribution < 1.29 is 5.11 Å². The Hall–Kier alpha value is -0.440. The third-order valence-electron chi connectivity index (χ3n) is 1.71. The number of halogens is 2. The van der Waals surface area contributed by atoms with E-state index < -0.39 is 0 Å². The molecule has 0 aliphatic carbocycles. The minimum atomic E-state index is -0.0485. The Bertz CT molecular complexity index is 289. The van der Waals surface area contributed by atoms with Crippen molar-refractivity contribution in [2.45, 2.75) is 6.61 Å². The van der Waals surface area contributed by atoms with Crippen LogP contribution in [0.15, 0.2) is 12.1 Å². The van der Waals surface area contributed by atoms with E-state index in [1.807, 2.05) is 19.0 Å². The van der Waals surface area contributed by atoms with Gasteiger partial charge in [0.25, 0.3) is 0 Å². The quantitative estimate of drug-likeness (QED) is 0.827. The first-order valence-electron chi connectivity index (χ1n) is 3.82. The zero-order chi connectivity index (χ0) is 10.0. The van der Waals surface area contributed by atoms with Gasteiger partial charge in [-0.25, -0.2) is 0 Å². The Kier molecular flexibility index (Phi) is 3.42. The zero-order valence-corrected chi connectivity index (χ0v) is 9.02. The molecule has 1 aromatic carbocycles. The smallest absolute Gasteiger partial charge is 0.0739 e. The van der Waals surface area contributed by atoms with E-state index >= 15 is 0 Å². The van der Waals surface area contributed by atoms with E-state index in [9.17, 15) is 0 Å². The van der Waals surface area contributed by atoms with E-state index in [2.05, 4.69) is 0 Å². The van der Waals surface area contributed by atoms with Crippen LogP contribution in [-0.4, -0.2) is 19.2 Å². The largest absolute Gasteiger partial charge is 0.392 e. The second-order valence-corrected chi connectivity index (χ2v) is 3.78. The van der Waals surface area contributed by atoms with Gasteiger partial charge in [0.2, 0.25) is 0 Å². The van der Waals surface area contributed by atoms with Crippen molar-refractivity contribution in [3.63, 3.8) is 0 Å². The molecule has 0 saturated heterocycles. The molecule has 1 N–H and O–H groups in total. The molecule has 0 fully saturated rings. The molecule has 0 heterocycles. The molecule has 0 spiro atoms. The average molecular weight is 220 g/mol. The van der Waals surface area contributed by atoms with Gasteiger partial charge in [-0.15, -0.1) is 0 Å².